The number of nitrogens with one attached hydrogen (secondary N) is 1. The maximum atomic E-state index is 14.3. The second kappa shape index (κ2) is 6.78. The number of benzene rings is 2. The van der Waals surface area contributed by atoms with E-state index in [1.807, 2.05) is 11.8 Å². The van der Waals surface area contributed by atoms with E-state index >= 15 is 0 Å². The molecule has 0 aliphatic carbocycles. The average molecular weight is 350 g/mol. The fourth-order valence-corrected chi connectivity index (χ4v) is 3.68. The summed E-state index contributed by atoms with van der Waals surface area (Å²) in [4.78, 5) is 2.02. The summed E-state index contributed by atoms with van der Waals surface area (Å²) in [5.74, 6) is -0.602. The highest BCUT2D eigenvalue weighted by molar-refractivity contribution is 7.92. The number of anilines is 2. The first kappa shape index (κ1) is 16.7. The molecule has 1 N–H and O–H groups in total. The van der Waals surface area contributed by atoms with Crippen LogP contribution in [0.4, 0.5) is 15.8 Å². The van der Waals surface area contributed by atoms with E-state index in [1.54, 1.807) is 24.3 Å². The number of aryl methyl sites for hydroxylation is 1. The maximum absolute atomic E-state index is 14.3. The van der Waals surface area contributed by atoms with Crippen LogP contribution < -0.4 is 9.62 Å². The van der Waals surface area contributed by atoms with Crippen LogP contribution in [0.3, 0.4) is 0 Å². The van der Waals surface area contributed by atoms with Gasteiger partial charge in [0.25, 0.3) is 10.0 Å². The Balaban J connectivity index is 1.95. The molecule has 7 heteroatoms. The van der Waals surface area contributed by atoms with Crippen molar-refractivity contribution in [2.45, 2.75) is 11.8 Å². The second-order valence-corrected chi connectivity index (χ2v) is 7.33. The minimum absolute atomic E-state index is 0.0278. The zero-order chi connectivity index (χ0) is 17.2. The Kier molecular flexibility index (Phi) is 4.73. The summed E-state index contributed by atoms with van der Waals surface area (Å²) in [5, 5.41) is 0. The van der Waals surface area contributed by atoms with Crippen molar-refractivity contribution in [3.05, 3.63) is 53.8 Å². The molecule has 3 rings (SSSR count). The van der Waals surface area contributed by atoms with E-state index in [0.29, 0.717) is 32.0 Å². The molecule has 0 radical (unpaired) electrons. The van der Waals surface area contributed by atoms with Crippen molar-refractivity contribution in [1.82, 2.24) is 0 Å². The van der Waals surface area contributed by atoms with Gasteiger partial charge in [-0.15, -0.1) is 0 Å². The van der Waals surface area contributed by atoms with Crippen LogP contribution in [0.25, 0.3) is 0 Å². The first-order valence-electron chi connectivity index (χ1n) is 7.68. The molecular weight excluding hydrogens is 331 g/mol. The van der Waals surface area contributed by atoms with Crippen molar-refractivity contribution < 1.29 is 17.5 Å². The normalized spacial score (nSPS) is 15.3. The Bertz CT molecular complexity index is 816. The Hall–Kier alpha value is -2.12. The van der Waals surface area contributed by atoms with Gasteiger partial charge in [0.15, 0.2) is 0 Å². The zero-order valence-corrected chi connectivity index (χ0v) is 14.1. The van der Waals surface area contributed by atoms with Crippen LogP contribution in [0, 0.1) is 12.7 Å². The highest BCUT2D eigenvalue weighted by Gasteiger charge is 2.22. The van der Waals surface area contributed by atoms with Crippen LogP contribution in [0.5, 0.6) is 0 Å². The van der Waals surface area contributed by atoms with Crippen LogP contribution in [-0.4, -0.2) is 34.7 Å². The largest absolute Gasteiger partial charge is 0.378 e. The summed E-state index contributed by atoms with van der Waals surface area (Å²) in [6.07, 6.45) is 0. The zero-order valence-electron chi connectivity index (χ0n) is 13.3. The number of halogens is 1. The lowest BCUT2D eigenvalue weighted by Gasteiger charge is -2.30. The summed E-state index contributed by atoms with van der Waals surface area (Å²) in [6.45, 7) is 4.10. The Morgan fingerprint density at radius 2 is 1.75 bits per heavy atom. The minimum Gasteiger partial charge on any atom is -0.378 e. The quantitative estimate of drug-likeness (QED) is 0.921. The van der Waals surface area contributed by atoms with Gasteiger partial charge in [0.05, 0.1) is 23.8 Å². The fraction of sp³-hybridized carbons (Fsp3) is 0.294. The third kappa shape index (κ3) is 3.52. The molecule has 1 aliphatic heterocycles. The van der Waals surface area contributed by atoms with Gasteiger partial charge < -0.3 is 9.64 Å². The smallest absolute Gasteiger partial charge is 0.262 e. The number of hydrogen-bond acceptors (Lipinski definition) is 4. The van der Waals surface area contributed by atoms with Crippen LogP contribution in [0.2, 0.25) is 0 Å². The number of para-hydroxylation sites is 1. The van der Waals surface area contributed by atoms with Gasteiger partial charge in [0.2, 0.25) is 0 Å². The van der Waals surface area contributed by atoms with Crippen LogP contribution >= 0.6 is 0 Å². The second-order valence-electron chi connectivity index (χ2n) is 5.65. The fourth-order valence-electron chi connectivity index (χ4n) is 2.59. The van der Waals surface area contributed by atoms with E-state index in [2.05, 4.69) is 4.72 Å². The molecule has 1 fully saturated rings. The van der Waals surface area contributed by atoms with Crippen molar-refractivity contribution in [1.29, 1.82) is 0 Å². The van der Waals surface area contributed by atoms with Crippen molar-refractivity contribution in [3.8, 4) is 0 Å². The number of rotatable bonds is 4. The Morgan fingerprint density at radius 1 is 1.08 bits per heavy atom. The molecule has 1 aliphatic rings. The van der Waals surface area contributed by atoms with Crippen molar-refractivity contribution >= 4 is 21.4 Å². The molecule has 0 spiro atoms. The Morgan fingerprint density at radius 3 is 2.42 bits per heavy atom. The molecule has 0 bridgehead atoms. The molecule has 0 atom stereocenters. The van der Waals surface area contributed by atoms with Crippen molar-refractivity contribution in [2.24, 2.45) is 0 Å². The summed E-state index contributed by atoms with van der Waals surface area (Å²) < 4.78 is 47.2. The van der Waals surface area contributed by atoms with Crippen LogP contribution in [0.1, 0.15) is 5.56 Å². The molecule has 2 aromatic rings. The SMILES string of the molecule is Cc1ccc(S(=O)(=O)Nc2c(F)cccc2N2CCOCC2)cc1. The van der Waals surface area contributed by atoms with Gasteiger partial charge >= 0.3 is 0 Å². The lowest BCUT2D eigenvalue weighted by Crippen LogP contribution is -2.37. The molecule has 5 nitrogen and oxygen atoms in total. The number of sulfonamides is 1. The van der Waals surface area contributed by atoms with Gasteiger partial charge in [-0.05, 0) is 31.2 Å². The standard InChI is InChI=1S/C17H19FN2O3S/c1-13-5-7-14(8-6-13)24(21,22)19-17-15(18)3-2-4-16(17)20-9-11-23-12-10-20/h2-8,19H,9-12H2,1H3. The summed E-state index contributed by atoms with van der Waals surface area (Å²) in [7, 11) is -3.86. The van der Waals surface area contributed by atoms with Gasteiger partial charge in [-0.1, -0.05) is 23.8 Å². The summed E-state index contributed by atoms with van der Waals surface area (Å²) in [5.41, 5.74) is 1.45. The van der Waals surface area contributed by atoms with Crippen molar-refractivity contribution in [2.75, 3.05) is 35.9 Å². The molecule has 1 heterocycles. The number of morpholine rings is 1. The first-order chi connectivity index (χ1) is 11.5. The van der Waals surface area contributed by atoms with Crippen LogP contribution in [0.15, 0.2) is 47.4 Å². The van der Waals surface area contributed by atoms with Gasteiger partial charge in [-0.25, -0.2) is 12.8 Å². The van der Waals surface area contributed by atoms with E-state index < -0.39 is 15.8 Å². The molecule has 0 aromatic heterocycles. The molecule has 128 valence electrons. The molecule has 24 heavy (non-hydrogen) atoms. The lowest BCUT2D eigenvalue weighted by atomic mass is 10.2. The molecular formula is C17H19FN2O3S. The highest BCUT2D eigenvalue weighted by Crippen LogP contribution is 2.31. The number of ether oxygens (including phenoxy) is 1. The molecule has 0 amide bonds. The van der Waals surface area contributed by atoms with Gasteiger partial charge in [0.1, 0.15) is 11.5 Å². The number of nitrogens with zero attached hydrogens (tertiary/aromatic N) is 1. The van der Waals surface area contributed by atoms with E-state index in [4.69, 9.17) is 4.74 Å². The minimum atomic E-state index is -3.86. The topological polar surface area (TPSA) is 58.6 Å². The van der Waals surface area contributed by atoms with E-state index in [9.17, 15) is 12.8 Å². The predicted octanol–water partition coefficient (Wildman–Crippen LogP) is 2.77. The van der Waals surface area contributed by atoms with E-state index in [0.717, 1.165) is 5.56 Å². The summed E-state index contributed by atoms with van der Waals surface area (Å²) in [6, 6.07) is 11.0. The first-order valence-corrected chi connectivity index (χ1v) is 9.16. The molecule has 0 saturated carbocycles. The van der Waals surface area contributed by atoms with E-state index in [1.165, 1.54) is 18.2 Å². The summed E-state index contributed by atoms with van der Waals surface area (Å²) >= 11 is 0. The molecule has 1 saturated heterocycles. The third-order valence-corrected chi connectivity index (χ3v) is 5.28. The maximum Gasteiger partial charge on any atom is 0.262 e. The highest BCUT2D eigenvalue weighted by atomic mass is 32.2. The monoisotopic (exact) mass is 350 g/mol. The van der Waals surface area contributed by atoms with Gasteiger partial charge in [-0.2, -0.15) is 0 Å². The number of hydrogen-bond donors (Lipinski definition) is 1. The third-order valence-electron chi connectivity index (χ3n) is 3.91. The van der Waals surface area contributed by atoms with Crippen LogP contribution in [-0.2, 0) is 14.8 Å². The molecule has 0 unspecified atom stereocenters. The molecule has 2 aromatic carbocycles. The van der Waals surface area contributed by atoms with Gasteiger partial charge in [0, 0.05) is 13.1 Å². The van der Waals surface area contributed by atoms with Crippen molar-refractivity contribution in [3.63, 3.8) is 0 Å². The Labute approximate surface area is 141 Å². The average Bonchev–Trinajstić information content (AvgIpc) is 2.58. The van der Waals surface area contributed by atoms with Gasteiger partial charge in [-0.3, -0.25) is 4.72 Å². The van der Waals surface area contributed by atoms with E-state index in [-0.39, 0.29) is 10.6 Å². The lowest BCUT2D eigenvalue weighted by molar-refractivity contribution is 0.122. The predicted molar refractivity (Wildman–Crippen MR) is 91.4 cm³/mol.